The first kappa shape index (κ1) is 15.2. The number of ether oxygens (including phenoxy) is 1. The Labute approximate surface area is 110 Å². The fourth-order valence-corrected chi connectivity index (χ4v) is 2.13. The van der Waals surface area contributed by atoms with Crippen molar-refractivity contribution in [1.29, 1.82) is 0 Å². The summed E-state index contributed by atoms with van der Waals surface area (Å²) in [5.74, 6) is 6.86. The first-order chi connectivity index (χ1) is 8.76. The van der Waals surface area contributed by atoms with Gasteiger partial charge in [-0.1, -0.05) is 0 Å². The number of hydrogen-bond acceptors (Lipinski definition) is 4. The van der Waals surface area contributed by atoms with E-state index < -0.39 is 0 Å². The minimum atomic E-state index is 0.648. The van der Waals surface area contributed by atoms with Gasteiger partial charge in [0.2, 0.25) is 5.96 Å². The highest BCUT2D eigenvalue weighted by Crippen LogP contribution is 2.19. The quantitative estimate of drug-likeness (QED) is 0.202. The molecule has 1 rings (SSSR count). The van der Waals surface area contributed by atoms with E-state index in [4.69, 9.17) is 10.6 Å². The minimum Gasteiger partial charge on any atom is -0.383 e. The SMILES string of the molecule is COCCNC(=NCCC1CCN(C)CC1)NN. The van der Waals surface area contributed by atoms with Gasteiger partial charge in [-0.05, 0) is 45.3 Å². The lowest BCUT2D eigenvalue weighted by atomic mass is 9.94. The molecule has 0 spiro atoms. The van der Waals surface area contributed by atoms with Crippen LogP contribution in [0.15, 0.2) is 4.99 Å². The second-order valence-corrected chi connectivity index (χ2v) is 4.83. The first-order valence-electron chi connectivity index (χ1n) is 6.68. The van der Waals surface area contributed by atoms with Crippen molar-refractivity contribution >= 4 is 5.96 Å². The van der Waals surface area contributed by atoms with E-state index in [9.17, 15) is 0 Å². The van der Waals surface area contributed by atoms with Gasteiger partial charge in [-0.3, -0.25) is 10.4 Å². The molecule has 0 aromatic heterocycles. The summed E-state index contributed by atoms with van der Waals surface area (Å²) in [4.78, 5) is 6.82. The molecule has 0 saturated carbocycles. The summed E-state index contributed by atoms with van der Waals surface area (Å²) in [5, 5.41) is 3.10. The topological polar surface area (TPSA) is 74.9 Å². The monoisotopic (exact) mass is 257 g/mol. The Kier molecular flexibility index (Phi) is 7.71. The molecule has 0 radical (unpaired) electrons. The summed E-state index contributed by atoms with van der Waals surface area (Å²) < 4.78 is 4.96. The third-order valence-electron chi connectivity index (χ3n) is 3.38. The van der Waals surface area contributed by atoms with Crippen LogP contribution in [0.2, 0.25) is 0 Å². The van der Waals surface area contributed by atoms with Gasteiger partial charge in [0.25, 0.3) is 0 Å². The van der Waals surface area contributed by atoms with Crippen LogP contribution in [0.5, 0.6) is 0 Å². The lowest BCUT2D eigenvalue weighted by Crippen LogP contribution is -2.43. The van der Waals surface area contributed by atoms with Crippen molar-refractivity contribution in [1.82, 2.24) is 15.6 Å². The zero-order chi connectivity index (χ0) is 13.2. The molecule has 4 N–H and O–H groups in total. The maximum Gasteiger partial charge on any atom is 0.205 e. The lowest BCUT2D eigenvalue weighted by molar-refractivity contribution is 0.203. The molecule has 6 heteroatoms. The lowest BCUT2D eigenvalue weighted by Gasteiger charge is -2.28. The molecule has 1 saturated heterocycles. The summed E-state index contributed by atoms with van der Waals surface area (Å²) in [5.41, 5.74) is 2.58. The highest BCUT2D eigenvalue weighted by atomic mass is 16.5. The number of nitrogens with zero attached hydrogens (tertiary/aromatic N) is 2. The number of aliphatic imine (C=N–C) groups is 1. The van der Waals surface area contributed by atoms with Gasteiger partial charge in [0.05, 0.1) is 6.61 Å². The van der Waals surface area contributed by atoms with E-state index in [1.54, 1.807) is 7.11 Å². The molecule has 0 atom stereocenters. The number of piperidine rings is 1. The van der Waals surface area contributed by atoms with E-state index in [0.29, 0.717) is 19.1 Å². The molecule has 1 aliphatic heterocycles. The Hall–Kier alpha value is -0.850. The average molecular weight is 257 g/mol. The van der Waals surface area contributed by atoms with Crippen molar-refractivity contribution in [3.8, 4) is 0 Å². The second kappa shape index (κ2) is 9.13. The number of guanidine groups is 1. The van der Waals surface area contributed by atoms with Crippen LogP contribution < -0.4 is 16.6 Å². The van der Waals surface area contributed by atoms with Crippen molar-refractivity contribution in [2.24, 2.45) is 16.8 Å². The minimum absolute atomic E-state index is 0.648. The van der Waals surface area contributed by atoms with Gasteiger partial charge in [0.1, 0.15) is 0 Å². The predicted molar refractivity (Wildman–Crippen MR) is 74.3 cm³/mol. The molecule has 0 amide bonds. The number of hydrogen-bond donors (Lipinski definition) is 3. The Morgan fingerprint density at radius 1 is 1.44 bits per heavy atom. The van der Waals surface area contributed by atoms with Crippen LogP contribution >= 0.6 is 0 Å². The van der Waals surface area contributed by atoms with E-state index in [0.717, 1.165) is 18.9 Å². The number of methoxy groups -OCH3 is 1. The molecule has 0 aliphatic carbocycles. The van der Waals surface area contributed by atoms with Crippen LogP contribution in [0.4, 0.5) is 0 Å². The Morgan fingerprint density at radius 3 is 2.78 bits per heavy atom. The van der Waals surface area contributed by atoms with E-state index >= 15 is 0 Å². The van der Waals surface area contributed by atoms with E-state index in [2.05, 4.69) is 27.7 Å². The maximum absolute atomic E-state index is 5.40. The van der Waals surface area contributed by atoms with Gasteiger partial charge < -0.3 is 15.0 Å². The summed E-state index contributed by atoms with van der Waals surface area (Å²) in [6.07, 6.45) is 3.72. The molecule has 0 bridgehead atoms. The van der Waals surface area contributed by atoms with Gasteiger partial charge in [-0.25, -0.2) is 5.84 Å². The second-order valence-electron chi connectivity index (χ2n) is 4.83. The third kappa shape index (κ3) is 6.18. The van der Waals surface area contributed by atoms with Crippen LogP contribution in [-0.2, 0) is 4.74 Å². The Bertz CT molecular complexity index is 239. The summed E-state index contributed by atoms with van der Waals surface area (Å²) >= 11 is 0. The molecular weight excluding hydrogens is 230 g/mol. The molecule has 106 valence electrons. The van der Waals surface area contributed by atoms with Crippen LogP contribution in [0, 0.1) is 5.92 Å². The molecule has 6 nitrogen and oxygen atoms in total. The fourth-order valence-electron chi connectivity index (χ4n) is 2.13. The number of nitrogens with one attached hydrogen (secondary N) is 2. The van der Waals surface area contributed by atoms with Gasteiger partial charge >= 0.3 is 0 Å². The van der Waals surface area contributed by atoms with Crippen LogP contribution in [0.3, 0.4) is 0 Å². The molecule has 1 fully saturated rings. The molecule has 1 aliphatic rings. The van der Waals surface area contributed by atoms with Gasteiger partial charge in [-0.15, -0.1) is 0 Å². The standard InChI is InChI=1S/C12H27N5O/c1-17-8-4-11(5-9-17)3-6-14-12(16-13)15-7-10-18-2/h11H,3-10,13H2,1-2H3,(H2,14,15,16). The molecule has 0 aromatic rings. The number of likely N-dealkylation sites (tertiary alicyclic amines) is 1. The van der Waals surface area contributed by atoms with Gasteiger partial charge in [-0.2, -0.15) is 0 Å². The largest absolute Gasteiger partial charge is 0.383 e. The average Bonchev–Trinajstić information content (AvgIpc) is 2.39. The third-order valence-corrected chi connectivity index (χ3v) is 3.38. The van der Waals surface area contributed by atoms with Crippen LogP contribution in [-0.4, -0.2) is 57.8 Å². The van der Waals surface area contributed by atoms with Crippen molar-refractivity contribution in [3.05, 3.63) is 0 Å². The molecule has 1 heterocycles. The maximum atomic E-state index is 5.40. The Balaban J connectivity index is 2.16. The van der Waals surface area contributed by atoms with Gasteiger partial charge in [0.15, 0.2) is 0 Å². The highest BCUT2D eigenvalue weighted by Gasteiger charge is 2.15. The number of rotatable bonds is 6. The van der Waals surface area contributed by atoms with Gasteiger partial charge in [0, 0.05) is 20.2 Å². The summed E-state index contributed by atoms with van der Waals surface area (Å²) in [6, 6.07) is 0. The fraction of sp³-hybridized carbons (Fsp3) is 0.917. The molecular formula is C12H27N5O. The normalized spacial score (nSPS) is 18.9. The van der Waals surface area contributed by atoms with Crippen LogP contribution in [0.1, 0.15) is 19.3 Å². The zero-order valence-electron chi connectivity index (χ0n) is 11.6. The number of nitrogens with two attached hydrogens (primary N) is 1. The smallest absolute Gasteiger partial charge is 0.205 e. The predicted octanol–water partition coefficient (Wildman–Crippen LogP) is -0.226. The molecule has 18 heavy (non-hydrogen) atoms. The highest BCUT2D eigenvalue weighted by molar-refractivity contribution is 5.79. The van der Waals surface area contributed by atoms with Crippen molar-refractivity contribution in [3.63, 3.8) is 0 Å². The van der Waals surface area contributed by atoms with E-state index in [1.807, 2.05) is 0 Å². The summed E-state index contributed by atoms with van der Waals surface area (Å²) in [7, 11) is 3.86. The molecule has 0 unspecified atom stereocenters. The Morgan fingerprint density at radius 2 is 2.17 bits per heavy atom. The van der Waals surface area contributed by atoms with Crippen molar-refractivity contribution in [2.75, 3.05) is 46.9 Å². The van der Waals surface area contributed by atoms with E-state index in [1.165, 1.54) is 25.9 Å². The van der Waals surface area contributed by atoms with E-state index in [-0.39, 0.29) is 0 Å². The first-order valence-corrected chi connectivity index (χ1v) is 6.68. The number of hydrazine groups is 1. The zero-order valence-corrected chi connectivity index (χ0v) is 11.6. The van der Waals surface area contributed by atoms with Crippen LogP contribution in [0.25, 0.3) is 0 Å². The summed E-state index contributed by atoms with van der Waals surface area (Å²) in [6.45, 7) is 4.61. The van der Waals surface area contributed by atoms with Crippen molar-refractivity contribution in [2.45, 2.75) is 19.3 Å². The molecule has 0 aromatic carbocycles. The van der Waals surface area contributed by atoms with Crippen molar-refractivity contribution < 1.29 is 4.74 Å².